The number of pyridine rings is 1. The van der Waals surface area contributed by atoms with E-state index in [4.69, 9.17) is 5.73 Å². The van der Waals surface area contributed by atoms with Crippen molar-refractivity contribution in [3.05, 3.63) is 51.5 Å². The zero-order chi connectivity index (χ0) is 11.5. The molecule has 1 atom stereocenters. The number of nitrogens with two attached hydrogens (primary N) is 1. The van der Waals surface area contributed by atoms with Crippen LogP contribution in [0, 0.1) is 13.8 Å². The number of hydrogen-bond donors (Lipinski definition) is 1. The van der Waals surface area contributed by atoms with Crippen molar-refractivity contribution in [3.63, 3.8) is 0 Å². The topological polar surface area (TPSA) is 38.9 Å². The quantitative estimate of drug-likeness (QED) is 0.883. The van der Waals surface area contributed by atoms with Gasteiger partial charge in [0.15, 0.2) is 0 Å². The van der Waals surface area contributed by atoms with Crippen molar-refractivity contribution in [3.8, 4) is 0 Å². The standard InChI is InChI=1S/C13H16N2S/c1-9-3-4-11(15-6-9)5-13(14)12-8-16-7-10(12)2/h3-4,6-8,13H,5,14H2,1-2H3. The summed E-state index contributed by atoms with van der Waals surface area (Å²) in [4.78, 5) is 4.38. The summed E-state index contributed by atoms with van der Waals surface area (Å²) in [5.74, 6) is 0. The zero-order valence-corrected chi connectivity index (χ0v) is 10.4. The van der Waals surface area contributed by atoms with Crippen LogP contribution in [0.1, 0.15) is 28.4 Å². The van der Waals surface area contributed by atoms with E-state index in [-0.39, 0.29) is 6.04 Å². The van der Waals surface area contributed by atoms with Crippen LogP contribution >= 0.6 is 11.3 Å². The maximum absolute atomic E-state index is 6.18. The fourth-order valence-electron chi connectivity index (χ4n) is 1.70. The van der Waals surface area contributed by atoms with Crippen molar-refractivity contribution in [2.45, 2.75) is 26.3 Å². The summed E-state index contributed by atoms with van der Waals surface area (Å²) in [6.07, 6.45) is 2.69. The normalized spacial score (nSPS) is 12.7. The highest BCUT2D eigenvalue weighted by atomic mass is 32.1. The molecule has 2 heterocycles. The average molecular weight is 232 g/mol. The fourth-order valence-corrected chi connectivity index (χ4v) is 2.62. The Kier molecular flexibility index (Phi) is 3.36. The third-order valence-electron chi connectivity index (χ3n) is 2.70. The molecule has 1 unspecified atom stereocenters. The maximum Gasteiger partial charge on any atom is 0.0422 e. The lowest BCUT2D eigenvalue weighted by atomic mass is 10.0. The molecule has 0 saturated carbocycles. The maximum atomic E-state index is 6.18. The van der Waals surface area contributed by atoms with Crippen LogP contribution in [0.15, 0.2) is 29.1 Å². The second kappa shape index (κ2) is 4.76. The molecule has 16 heavy (non-hydrogen) atoms. The Morgan fingerprint density at radius 1 is 1.31 bits per heavy atom. The summed E-state index contributed by atoms with van der Waals surface area (Å²) < 4.78 is 0. The third kappa shape index (κ3) is 2.49. The van der Waals surface area contributed by atoms with Crippen molar-refractivity contribution < 1.29 is 0 Å². The molecule has 0 aliphatic carbocycles. The van der Waals surface area contributed by atoms with Gasteiger partial charge in [0.1, 0.15) is 0 Å². The molecule has 0 saturated heterocycles. The molecule has 2 rings (SSSR count). The van der Waals surface area contributed by atoms with Gasteiger partial charge in [-0.2, -0.15) is 11.3 Å². The number of aryl methyl sites for hydroxylation is 2. The Labute approximate surface area is 100 Å². The van der Waals surface area contributed by atoms with Gasteiger partial charge in [0.2, 0.25) is 0 Å². The van der Waals surface area contributed by atoms with E-state index >= 15 is 0 Å². The van der Waals surface area contributed by atoms with Crippen LogP contribution in [0.5, 0.6) is 0 Å². The minimum Gasteiger partial charge on any atom is -0.324 e. The van der Waals surface area contributed by atoms with Crippen LogP contribution in [-0.4, -0.2) is 4.98 Å². The van der Waals surface area contributed by atoms with Crippen LogP contribution < -0.4 is 5.73 Å². The van der Waals surface area contributed by atoms with Crippen LogP contribution in [0.3, 0.4) is 0 Å². The molecule has 0 aliphatic heterocycles. The molecular weight excluding hydrogens is 216 g/mol. The summed E-state index contributed by atoms with van der Waals surface area (Å²) >= 11 is 1.71. The summed E-state index contributed by atoms with van der Waals surface area (Å²) in [5, 5.41) is 4.27. The van der Waals surface area contributed by atoms with Gasteiger partial charge in [0.25, 0.3) is 0 Å². The number of rotatable bonds is 3. The molecule has 3 heteroatoms. The molecule has 2 aromatic rings. The second-order valence-electron chi connectivity index (χ2n) is 4.15. The molecule has 84 valence electrons. The van der Waals surface area contributed by atoms with E-state index in [1.165, 1.54) is 16.7 Å². The van der Waals surface area contributed by atoms with E-state index in [9.17, 15) is 0 Å². The molecular formula is C13H16N2S. The van der Waals surface area contributed by atoms with Gasteiger partial charge < -0.3 is 5.73 Å². The molecule has 0 radical (unpaired) electrons. The Bertz CT molecular complexity index is 459. The fraction of sp³-hybridized carbons (Fsp3) is 0.308. The largest absolute Gasteiger partial charge is 0.324 e. The lowest BCUT2D eigenvalue weighted by Crippen LogP contribution is -2.14. The Hall–Kier alpha value is -1.19. The van der Waals surface area contributed by atoms with Gasteiger partial charge >= 0.3 is 0 Å². The highest BCUT2D eigenvalue weighted by Crippen LogP contribution is 2.22. The lowest BCUT2D eigenvalue weighted by molar-refractivity contribution is 0.704. The van der Waals surface area contributed by atoms with Gasteiger partial charge in [0.05, 0.1) is 0 Å². The van der Waals surface area contributed by atoms with E-state index in [1.807, 2.05) is 13.1 Å². The van der Waals surface area contributed by atoms with E-state index in [0.717, 1.165) is 12.1 Å². The summed E-state index contributed by atoms with van der Waals surface area (Å²) in [7, 11) is 0. The minimum absolute atomic E-state index is 0.0569. The van der Waals surface area contributed by atoms with Gasteiger partial charge in [-0.1, -0.05) is 6.07 Å². The third-order valence-corrected chi connectivity index (χ3v) is 3.58. The Balaban J connectivity index is 2.10. The zero-order valence-electron chi connectivity index (χ0n) is 9.60. The minimum atomic E-state index is 0.0569. The molecule has 2 N–H and O–H groups in total. The number of hydrogen-bond acceptors (Lipinski definition) is 3. The van der Waals surface area contributed by atoms with Gasteiger partial charge in [-0.15, -0.1) is 0 Å². The molecule has 0 spiro atoms. The Morgan fingerprint density at radius 3 is 2.69 bits per heavy atom. The molecule has 0 bridgehead atoms. The SMILES string of the molecule is Cc1ccc(CC(N)c2cscc2C)nc1. The summed E-state index contributed by atoms with van der Waals surface area (Å²) in [6.45, 7) is 4.15. The van der Waals surface area contributed by atoms with E-state index in [2.05, 4.69) is 34.8 Å². The van der Waals surface area contributed by atoms with Crippen LogP contribution in [-0.2, 0) is 6.42 Å². The average Bonchev–Trinajstić information content (AvgIpc) is 2.68. The first-order valence-electron chi connectivity index (χ1n) is 5.36. The van der Waals surface area contributed by atoms with E-state index < -0.39 is 0 Å². The smallest absolute Gasteiger partial charge is 0.0422 e. The first-order valence-corrected chi connectivity index (χ1v) is 6.31. The highest BCUT2D eigenvalue weighted by molar-refractivity contribution is 7.08. The van der Waals surface area contributed by atoms with Crippen LogP contribution in [0.4, 0.5) is 0 Å². The number of aromatic nitrogens is 1. The van der Waals surface area contributed by atoms with Gasteiger partial charge in [-0.05, 0) is 47.4 Å². The van der Waals surface area contributed by atoms with Crippen molar-refractivity contribution in [1.82, 2.24) is 4.98 Å². The molecule has 0 aliphatic rings. The molecule has 2 nitrogen and oxygen atoms in total. The van der Waals surface area contributed by atoms with Crippen molar-refractivity contribution in [2.75, 3.05) is 0 Å². The number of thiophene rings is 1. The van der Waals surface area contributed by atoms with Gasteiger partial charge in [-0.3, -0.25) is 4.98 Å². The predicted molar refractivity (Wildman–Crippen MR) is 68.7 cm³/mol. The first-order chi connectivity index (χ1) is 7.66. The Morgan fingerprint density at radius 2 is 2.12 bits per heavy atom. The van der Waals surface area contributed by atoms with Crippen molar-refractivity contribution in [2.24, 2.45) is 5.73 Å². The van der Waals surface area contributed by atoms with E-state index in [1.54, 1.807) is 11.3 Å². The second-order valence-corrected chi connectivity index (χ2v) is 4.89. The predicted octanol–water partition coefficient (Wildman–Crippen LogP) is 3.00. The molecule has 0 aromatic carbocycles. The molecule has 0 amide bonds. The monoisotopic (exact) mass is 232 g/mol. The van der Waals surface area contributed by atoms with E-state index in [0.29, 0.717) is 0 Å². The van der Waals surface area contributed by atoms with Crippen LogP contribution in [0.2, 0.25) is 0 Å². The number of nitrogens with zero attached hydrogens (tertiary/aromatic N) is 1. The summed E-state index contributed by atoms with van der Waals surface area (Å²) in [6, 6.07) is 4.19. The van der Waals surface area contributed by atoms with Crippen LogP contribution in [0.25, 0.3) is 0 Å². The van der Waals surface area contributed by atoms with Gasteiger partial charge in [0, 0.05) is 24.4 Å². The summed E-state index contributed by atoms with van der Waals surface area (Å²) in [5.41, 5.74) is 10.9. The van der Waals surface area contributed by atoms with Crippen molar-refractivity contribution >= 4 is 11.3 Å². The molecule has 2 aromatic heterocycles. The van der Waals surface area contributed by atoms with Gasteiger partial charge in [-0.25, -0.2) is 0 Å². The molecule has 0 fully saturated rings. The van der Waals surface area contributed by atoms with Crippen molar-refractivity contribution in [1.29, 1.82) is 0 Å². The lowest BCUT2D eigenvalue weighted by Gasteiger charge is -2.11. The highest BCUT2D eigenvalue weighted by Gasteiger charge is 2.10. The first kappa shape index (κ1) is 11.3.